The number of benzene rings is 2. The zero-order valence-corrected chi connectivity index (χ0v) is 17.0. The molecule has 2 atom stereocenters. The number of hydrogen-bond donors (Lipinski definition) is 2. The maximum Gasteiger partial charge on any atom is 0.251 e. The van der Waals surface area contributed by atoms with Gasteiger partial charge in [-0.05, 0) is 72.6 Å². The normalized spacial score (nSPS) is 14.8. The van der Waals surface area contributed by atoms with E-state index in [1.807, 2.05) is 44.2 Å². The first kappa shape index (κ1) is 20.1. The molecule has 2 aromatic carbocycles. The first-order chi connectivity index (χ1) is 13.5. The van der Waals surface area contributed by atoms with Crippen LogP contribution in [0.25, 0.3) is 0 Å². The molecule has 0 spiro atoms. The lowest BCUT2D eigenvalue weighted by Gasteiger charge is -2.24. The van der Waals surface area contributed by atoms with Gasteiger partial charge in [0.25, 0.3) is 5.91 Å². The number of anilines is 1. The van der Waals surface area contributed by atoms with Crippen LogP contribution in [0.1, 0.15) is 60.7 Å². The fourth-order valence-corrected chi connectivity index (χ4v) is 3.69. The molecule has 0 heterocycles. The lowest BCUT2D eigenvalue weighted by Crippen LogP contribution is -2.47. The number of nitrogens with one attached hydrogen (secondary N) is 2. The Labute approximate surface area is 167 Å². The predicted octanol–water partition coefficient (Wildman–Crippen LogP) is 4.52. The summed E-state index contributed by atoms with van der Waals surface area (Å²) in [6.07, 6.45) is 5.09. The summed E-state index contributed by atoms with van der Waals surface area (Å²) in [4.78, 5) is 25.6. The second-order valence-electron chi connectivity index (χ2n) is 7.71. The molecule has 28 heavy (non-hydrogen) atoms. The maximum absolute atomic E-state index is 13.0. The molecule has 148 valence electrons. The second kappa shape index (κ2) is 9.05. The molecule has 3 rings (SSSR count). The van der Waals surface area contributed by atoms with E-state index in [9.17, 15) is 9.59 Å². The van der Waals surface area contributed by atoms with E-state index >= 15 is 0 Å². The minimum absolute atomic E-state index is 0.0355. The fourth-order valence-electron chi connectivity index (χ4n) is 3.69. The summed E-state index contributed by atoms with van der Waals surface area (Å²) in [6, 6.07) is 13.1. The number of aryl methyl sites for hydroxylation is 3. The lowest BCUT2D eigenvalue weighted by molar-refractivity contribution is -0.119. The van der Waals surface area contributed by atoms with Gasteiger partial charge < -0.3 is 10.6 Å². The zero-order chi connectivity index (χ0) is 20.1. The molecule has 2 aromatic rings. The maximum atomic E-state index is 13.0. The van der Waals surface area contributed by atoms with Gasteiger partial charge in [0.2, 0.25) is 5.91 Å². The van der Waals surface area contributed by atoms with Crippen molar-refractivity contribution < 1.29 is 9.59 Å². The Morgan fingerprint density at radius 2 is 1.71 bits per heavy atom. The van der Waals surface area contributed by atoms with Gasteiger partial charge in [0.15, 0.2) is 0 Å². The van der Waals surface area contributed by atoms with E-state index < -0.39 is 6.04 Å². The van der Waals surface area contributed by atoms with Gasteiger partial charge in [-0.25, -0.2) is 0 Å². The van der Waals surface area contributed by atoms with Crippen molar-refractivity contribution in [3.63, 3.8) is 0 Å². The third-order valence-corrected chi connectivity index (χ3v) is 5.77. The van der Waals surface area contributed by atoms with E-state index in [4.69, 9.17) is 0 Å². The highest BCUT2D eigenvalue weighted by Gasteiger charge is 2.26. The SMILES string of the molecule is CCc1ccc(C(=O)N[C@H](C(=O)Nc2ccc3c(c2)CCC3)[C@@H](C)CC)cc1. The molecule has 0 saturated heterocycles. The van der Waals surface area contributed by atoms with E-state index in [0.717, 1.165) is 31.4 Å². The quantitative estimate of drug-likeness (QED) is 0.744. The molecule has 2 N–H and O–H groups in total. The predicted molar refractivity (Wildman–Crippen MR) is 114 cm³/mol. The van der Waals surface area contributed by atoms with Crippen LogP contribution < -0.4 is 10.6 Å². The van der Waals surface area contributed by atoms with E-state index in [-0.39, 0.29) is 17.7 Å². The summed E-state index contributed by atoms with van der Waals surface area (Å²) >= 11 is 0. The molecule has 4 heteroatoms. The van der Waals surface area contributed by atoms with Crippen molar-refractivity contribution in [3.05, 3.63) is 64.7 Å². The second-order valence-corrected chi connectivity index (χ2v) is 7.71. The van der Waals surface area contributed by atoms with Crippen LogP contribution in [0.15, 0.2) is 42.5 Å². The Hall–Kier alpha value is -2.62. The van der Waals surface area contributed by atoms with Crippen LogP contribution in [0, 0.1) is 5.92 Å². The van der Waals surface area contributed by atoms with Gasteiger partial charge in [-0.15, -0.1) is 0 Å². The smallest absolute Gasteiger partial charge is 0.251 e. The average molecular weight is 379 g/mol. The molecule has 0 unspecified atom stereocenters. The molecule has 0 saturated carbocycles. The van der Waals surface area contributed by atoms with Crippen LogP contribution in [0.2, 0.25) is 0 Å². The molecular weight excluding hydrogens is 348 g/mol. The van der Waals surface area contributed by atoms with E-state index in [2.05, 4.69) is 29.7 Å². The summed E-state index contributed by atoms with van der Waals surface area (Å²) in [6.45, 7) is 6.10. The van der Waals surface area contributed by atoms with Crippen molar-refractivity contribution in [1.29, 1.82) is 0 Å². The first-order valence-electron chi connectivity index (χ1n) is 10.3. The molecule has 0 bridgehead atoms. The van der Waals surface area contributed by atoms with Crippen molar-refractivity contribution in [2.24, 2.45) is 5.92 Å². The molecule has 0 aromatic heterocycles. The van der Waals surface area contributed by atoms with E-state index in [0.29, 0.717) is 5.56 Å². The largest absolute Gasteiger partial charge is 0.340 e. The Bertz CT molecular complexity index is 842. The van der Waals surface area contributed by atoms with Crippen LogP contribution in [0.4, 0.5) is 5.69 Å². The van der Waals surface area contributed by atoms with Crippen LogP contribution >= 0.6 is 0 Å². The summed E-state index contributed by atoms with van der Waals surface area (Å²) in [7, 11) is 0. The summed E-state index contributed by atoms with van der Waals surface area (Å²) in [5, 5.41) is 5.95. The highest BCUT2D eigenvalue weighted by atomic mass is 16.2. The standard InChI is InChI=1S/C24H30N2O2/c1-4-16(3)22(26-23(27)19-11-9-17(5-2)10-12-19)24(28)25-21-14-13-18-7-6-8-20(18)15-21/h9-16,22H,4-8H2,1-3H3,(H,25,28)(H,26,27)/t16-,22-/m0/s1. The van der Waals surface area contributed by atoms with Gasteiger partial charge >= 0.3 is 0 Å². The topological polar surface area (TPSA) is 58.2 Å². The molecular formula is C24H30N2O2. The molecule has 4 nitrogen and oxygen atoms in total. The highest BCUT2D eigenvalue weighted by Crippen LogP contribution is 2.25. The van der Waals surface area contributed by atoms with Gasteiger partial charge in [-0.2, -0.15) is 0 Å². The summed E-state index contributed by atoms with van der Waals surface area (Å²) in [5.41, 5.74) is 5.26. The van der Waals surface area contributed by atoms with Gasteiger partial charge in [0, 0.05) is 11.3 Å². The molecule has 0 aliphatic heterocycles. The van der Waals surface area contributed by atoms with Crippen molar-refractivity contribution in [3.8, 4) is 0 Å². The van der Waals surface area contributed by atoms with Gasteiger partial charge in [-0.1, -0.05) is 45.4 Å². The highest BCUT2D eigenvalue weighted by molar-refractivity contribution is 6.01. The van der Waals surface area contributed by atoms with Crippen LogP contribution in [0.3, 0.4) is 0 Å². The first-order valence-corrected chi connectivity index (χ1v) is 10.3. The molecule has 0 radical (unpaired) electrons. The van der Waals surface area contributed by atoms with Gasteiger partial charge in [0.05, 0.1) is 0 Å². The van der Waals surface area contributed by atoms with E-state index in [1.54, 1.807) is 0 Å². The summed E-state index contributed by atoms with van der Waals surface area (Å²) in [5.74, 6) is -0.337. The number of rotatable bonds is 7. The van der Waals surface area contributed by atoms with Crippen molar-refractivity contribution in [2.45, 2.75) is 58.9 Å². The number of carbonyl (C=O) groups excluding carboxylic acids is 2. The Morgan fingerprint density at radius 3 is 2.39 bits per heavy atom. The molecule has 2 amide bonds. The average Bonchev–Trinajstić information content (AvgIpc) is 3.19. The molecule has 0 fully saturated rings. The third-order valence-electron chi connectivity index (χ3n) is 5.77. The third kappa shape index (κ3) is 4.61. The van der Waals surface area contributed by atoms with Crippen molar-refractivity contribution in [2.75, 3.05) is 5.32 Å². The van der Waals surface area contributed by atoms with Crippen LogP contribution in [-0.4, -0.2) is 17.9 Å². The Kier molecular flexibility index (Phi) is 6.50. The fraction of sp³-hybridized carbons (Fsp3) is 0.417. The minimum Gasteiger partial charge on any atom is -0.340 e. The van der Waals surface area contributed by atoms with Crippen molar-refractivity contribution in [1.82, 2.24) is 5.32 Å². The van der Waals surface area contributed by atoms with Gasteiger partial charge in [0.1, 0.15) is 6.04 Å². The molecule has 1 aliphatic rings. The van der Waals surface area contributed by atoms with Crippen molar-refractivity contribution >= 4 is 17.5 Å². The number of carbonyl (C=O) groups is 2. The van der Waals surface area contributed by atoms with Crippen LogP contribution in [0.5, 0.6) is 0 Å². The monoisotopic (exact) mass is 378 g/mol. The number of hydrogen-bond acceptors (Lipinski definition) is 2. The van der Waals surface area contributed by atoms with Crippen LogP contribution in [-0.2, 0) is 24.1 Å². The number of fused-ring (bicyclic) bond motifs is 1. The zero-order valence-electron chi connectivity index (χ0n) is 17.0. The molecule has 1 aliphatic carbocycles. The lowest BCUT2D eigenvalue weighted by atomic mass is 9.97. The minimum atomic E-state index is -0.573. The number of amides is 2. The Balaban J connectivity index is 1.71. The van der Waals surface area contributed by atoms with Gasteiger partial charge in [-0.3, -0.25) is 9.59 Å². The van der Waals surface area contributed by atoms with E-state index in [1.165, 1.54) is 23.1 Å². The summed E-state index contributed by atoms with van der Waals surface area (Å²) < 4.78 is 0. The Morgan fingerprint density at radius 1 is 1.00 bits per heavy atom.